The molecule has 0 spiro atoms. The largest absolute Gasteiger partial charge is 0.497 e. The molecular formula is C13H14O2. The lowest BCUT2D eigenvalue weighted by Crippen LogP contribution is -2.25. The Morgan fingerprint density at radius 3 is 2.67 bits per heavy atom. The molecule has 0 unspecified atom stereocenters. The summed E-state index contributed by atoms with van der Waals surface area (Å²) in [5.41, 5.74) is 1.34. The van der Waals surface area contributed by atoms with Crippen LogP contribution in [0.2, 0.25) is 0 Å². The highest BCUT2D eigenvalue weighted by atomic mass is 16.5. The highest BCUT2D eigenvalue weighted by Gasteiger charge is 2.30. The summed E-state index contributed by atoms with van der Waals surface area (Å²) in [6.07, 6.45) is 3.93. The van der Waals surface area contributed by atoms with Gasteiger partial charge in [-0.3, -0.25) is 4.79 Å². The number of Topliss-reactive ketones (excluding diaryl/α,β-unsaturated/α-hetero) is 1. The van der Waals surface area contributed by atoms with Gasteiger partial charge in [-0.05, 0) is 37.6 Å². The molecular weight excluding hydrogens is 188 g/mol. The van der Waals surface area contributed by atoms with E-state index in [0.29, 0.717) is 0 Å². The molecule has 0 heterocycles. The van der Waals surface area contributed by atoms with Crippen molar-refractivity contribution in [2.24, 2.45) is 5.41 Å². The first-order chi connectivity index (χ1) is 7.04. The molecule has 0 amide bonds. The van der Waals surface area contributed by atoms with Gasteiger partial charge in [-0.1, -0.05) is 12.2 Å². The molecule has 1 aromatic carbocycles. The summed E-state index contributed by atoms with van der Waals surface area (Å²) in [6.45, 7) is 3.86. The molecule has 78 valence electrons. The average Bonchev–Trinajstić information content (AvgIpc) is 2.23. The fourth-order valence-corrected chi connectivity index (χ4v) is 1.73. The Kier molecular flexibility index (Phi) is 2.14. The molecule has 0 atom stereocenters. The van der Waals surface area contributed by atoms with Gasteiger partial charge in [0.2, 0.25) is 0 Å². The number of carbonyl (C=O) groups excluding carboxylic acids is 1. The van der Waals surface area contributed by atoms with Crippen molar-refractivity contribution >= 4 is 11.9 Å². The van der Waals surface area contributed by atoms with Crippen LogP contribution in [-0.4, -0.2) is 12.9 Å². The maximum absolute atomic E-state index is 12.0. The molecule has 0 radical (unpaired) electrons. The fraction of sp³-hybridized carbons (Fsp3) is 0.308. The van der Waals surface area contributed by atoms with E-state index in [4.69, 9.17) is 4.74 Å². The van der Waals surface area contributed by atoms with E-state index in [1.807, 2.05) is 44.2 Å². The highest BCUT2D eigenvalue weighted by Crippen LogP contribution is 2.33. The molecule has 0 bridgehead atoms. The number of hydrogen-bond donors (Lipinski definition) is 0. The SMILES string of the molecule is COc1ccc2c(c1)C=CC(C)(C)C2=O. The zero-order chi connectivity index (χ0) is 11.1. The maximum atomic E-state index is 12.0. The Hall–Kier alpha value is -1.57. The van der Waals surface area contributed by atoms with Crippen LogP contribution in [0.4, 0.5) is 0 Å². The number of ether oxygens (including phenoxy) is 1. The Morgan fingerprint density at radius 1 is 1.27 bits per heavy atom. The third-order valence-electron chi connectivity index (χ3n) is 2.77. The zero-order valence-electron chi connectivity index (χ0n) is 9.20. The normalized spacial score (nSPS) is 17.4. The number of carbonyl (C=O) groups is 1. The Balaban J connectivity index is 2.54. The molecule has 2 rings (SSSR count). The van der Waals surface area contributed by atoms with E-state index in [1.54, 1.807) is 7.11 Å². The third-order valence-corrected chi connectivity index (χ3v) is 2.77. The molecule has 0 aromatic heterocycles. The molecule has 0 fully saturated rings. The van der Waals surface area contributed by atoms with Crippen LogP contribution < -0.4 is 4.74 Å². The molecule has 0 saturated carbocycles. The summed E-state index contributed by atoms with van der Waals surface area (Å²) in [4.78, 5) is 12.0. The minimum Gasteiger partial charge on any atom is -0.497 e. The number of ketones is 1. The summed E-state index contributed by atoms with van der Waals surface area (Å²) < 4.78 is 5.12. The summed E-state index contributed by atoms with van der Waals surface area (Å²) in [5.74, 6) is 0.952. The van der Waals surface area contributed by atoms with Crippen LogP contribution in [0.3, 0.4) is 0 Å². The number of fused-ring (bicyclic) bond motifs is 1. The average molecular weight is 202 g/mol. The Bertz CT molecular complexity index is 442. The van der Waals surface area contributed by atoms with Gasteiger partial charge in [0, 0.05) is 11.0 Å². The van der Waals surface area contributed by atoms with Crippen molar-refractivity contribution in [3.8, 4) is 5.75 Å². The summed E-state index contributed by atoms with van der Waals surface area (Å²) >= 11 is 0. The van der Waals surface area contributed by atoms with Crippen molar-refractivity contribution < 1.29 is 9.53 Å². The van der Waals surface area contributed by atoms with Gasteiger partial charge >= 0.3 is 0 Å². The lowest BCUT2D eigenvalue weighted by Gasteiger charge is -2.24. The summed E-state index contributed by atoms with van der Waals surface area (Å²) in [6, 6.07) is 5.55. The molecule has 15 heavy (non-hydrogen) atoms. The number of rotatable bonds is 1. The molecule has 1 aliphatic rings. The maximum Gasteiger partial charge on any atom is 0.172 e. The van der Waals surface area contributed by atoms with Crippen LogP contribution in [0.5, 0.6) is 5.75 Å². The van der Waals surface area contributed by atoms with E-state index in [-0.39, 0.29) is 11.2 Å². The van der Waals surface area contributed by atoms with Crippen LogP contribution in [-0.2, 0) is 0 Å². The van der Waals surface area contributed by atoms with Gasteiger partial charge in [0.15, 0.2) is 5.78 Å². The second-order valence-corrected chi connectivity index (χ2v) is 4.34. The quantitative estimate of drug-likeness (QED) is 0.699. The van der Waals surface area contributed by atoms with Crippen LogP contribution in [0.25, 0.3) is 6.08 Å². The van der Waals surface area contributed by atoms with Gasteiger partial charge in [0.1, 0.15) is 5.75 Å². The zero-order valence-corrected chi connectivity index (χ0v) is 9.20. The molecule has 1 aliphatic carbocycles. The van der Waals surface area contributed by atoms with Crippen molar-refractivity contribution in [3.63, 3.8) is 0 Å². The van der Waals surface area contributed by atoms with Crippen molar-refractivity contribution in [1.29, 1.82) is 0 Å². The van der Waals surface area contributed by atoms with Gasteiger partial charge in [-0.2, -0.15) is 0 Å². The van der Waals surface area contributed by atoms with Crippen LogP contribution >= 0.6 is 0 Å². The van der Waals surface area contributed by atoms with Crippen molar-refractivity contribution in [2.45, 2.75) is 13.8 Å². The number of allylic oxidation sites excluding steroid dienone is 1. The number of benzene rings is 1. The van der Waals surface area contributed by atoms with E-state index < -0.39 is 0 Å². The Morgan fingerprint density at radius 2 is 2.00 bits per heavy atom. The lowest BCUT2D eigenvalue weighted by atomic mass is 9.78. The first-order valence-electron chi connectivity index (χ1n) is 4.97. The highest BCUT2D eigenvalue weighted by molar-refractivity contribution is 6.06. The summed E-state index contributed by atoms with van der Waals surface area (Å²) in [7, 11) is 1.63. The summed E-state index contributed by atoms with van der Waals surface area (Å²) in [5, 5.41) is 0. The van der Waals surface area contributed by atoms with Crippen LogP contribution in [0.1, 0.15) is 29.8 Å². The first kappa shape index (κ1) is 9.97. The Labute approximate surface area is 89.6 Å². The second-order valence-electron chi connectivity index (χ2n) is 4.34. The predicted octanol–water partition coefficient (Wildman–Crippen LogP) is 2.93. The third kappa shape index (κ3) is 1.56. The monoisotopic (exact) mass is 202 g/mol. The van der Waals surface area contributed by atoms with E-state index >= 15 is 0 Å². The first-order valence-corrected chi connectivity index (χ1v) is 4.97. The van der Waals surface area contributed by atoms with E-state index in [0.717, 1.165) is 16.9 Å². The molecule has 0 N–H and O–H groups in total. The van der Waals surface area contributed by atoms with Gasteiger partial charge in [-0.25, -0.2) is 0 Å². The van der Waals surface area contributed by atoms with E-state index in [1.165, 1.54) is 0 Å². The van der Waals surface area contributed by atoms with E-state index in [9.17, 15) is 4.79 Å². The molecule has 1 aromatic rings. The van der Waals surface area contributed by atoms with Crippen LogP contribution in [0.15, 0.2) is 24.3 Å². The molecule has 2 nitrogen and oxygen atoms in total. The van der Waals surface area contributed by atoms with Gasteiger partial charge in [-0.15, -0.1) is 0 Å². The minimum absolute atomic E-state index is 0.169. The van der Waals surface area contributed by atoms with E-state index in [2.05, 4.69) is 0 Å². The van der Waals surface area contributed by atoms with Crippen molar-refractivity contribution in [2.75, 3.05) is 7.11 Å². The molecule has 0 saturated heterocycles. The standard InChI is InChI=1S/C13H14O2/c1-13(2)7-6-9-8-10(15-3)4-5-11(9)12(13)14/h4-8H,1-3H3. The smallest absolute Gasteiger partial charge is 0.172 e. The lowest BCUT2D eigenvalue weighted by molar-refractivity contribution is 0.0883. The predicted molar refractivity (Wildman–Crippen MR) is 60.1 cm³/mol. The minimum atomic E-state index is -0.387. The van der Waals surface area contributed by atoms with Gasteiger partial charge in [0.05, 0.1) is 7.11 Å². The topological polar surface area (TPSA) is 26.3 Å². The van der Waals surface area contributed by atoms with Gasteiger partial charge < -0.3 is 4.74 Å². The second kappa shape index (κ2) is 3.23. The molecule has 2 heteroatoms. The van der Waals surface area contributed by atoms with Crippen molar-refractivity contribution in [3.05, 3.63) is 35.4 Å². The molecule has 0 aliphatic heterocycles. The van der Waals surface area contributed by atoms with Crippen LogP contribution in [0, 0.1) is 5.41 Å². The number of methoxy groups -OCH3 is 1. The van der Waals surface area contributed by atoms with Crippen molar-refractivity contribution in [1.82, 2.24) is 0 Å². The number of hydrogen-bond acceptors (Lipinski definition) is 2. The fourth-order valence-electron chi connectivity index (χ4n) is 1.73. The van der Waals surface area contributed by atoms with Gasteiger partial charge in [0.25, 0.3) is 0 Å².